The van der Waals surface area contributed by atoms with Crippen LogP contribution in [0.15, 0.2) is 25.0 Å². The lowest BCUT2D eigenvalue weighted by atomic mass is 9.91. The van der Waals surface area contributed by atoms with Gasteiger partial charge in [-0.25, -0.2) is 4.98 Å². The van der Waals surface area contributed by atoms with Crippen LogP contribution in [0, 0.1) is 5.92 Å². The van der Waals surface area contributed by atoms with Crippen molar-refractivity contribution in [3.63, 3.8) is 0 Å². The monoisotopic (exact) mass is 676 g/mol. The van der Waals surface area contributed by atoms with Crippen LogP contribution in [0.2, 0.25) is 0 Å². The number of unbranched alkanes of at least 4 members (excludes halogenated alkanes) is 7. The van der Waals surface area contributed by atoms with Crippen LogP contribution in [0.25, 0.3) is 0 Å². The topological polar surface area (TPSA) is 140 Å². The third-order valence-electron chi connectivity index (χ3n) is 8.10. The second-order valence-electron chi connectivity index (χ2n) is 14.9. The van der Waals surface area contributed by atoms with E-state index in [1.165, 1.54) is 4.90 Å². The number of esters is 2. The fraction of sp³-hybridized carbons (Fsp3) is 0.757. The van der Waals surface area contributed by atoms with Crippen LogP contribution in [-0.4, -0.2) is 79.7 Å². The maximum atomic E-state index is 13.6. The summed E-state index contributed by atoms with van der Waals surface area (Å²) < 4.78 is 12.9. The Hall–Kier alpha value is -3.21. The van der Waals surface area contributed by atoms with Crippen LogP contribution in [0.1, 0.15) is 132 Å². The van der Waals surface area contributed by atoms with E-state index in [-0.39, 0.29) is 26.1 Å². The van der Waals surface area contributed by atoms with Crippen molar-refractivity contribution < 1.29 is 33.8 Å². The second-order valence-corrected chi connectivity index (χ2v) is 14.9. The van der Waals surface area contributed by atoms with E-state index in [2.05, 4.69) is 23.8 Å². The van der Waals surface area contributed by atoms with Crippen molar-refractivity contribution in [1.82, 2.24) is 19.8 Å². The number of aliphatic carboxylic acids is 1. The number of nitrogens with one attached hydrogen (secondary N) is 1. The van der Waals surface area contributed by atoms with E-state index in [1.54, 1.807) is 37.7 Å². The van der Waals surface area contributed by atoms with Crippen molar-refractivity contribution in [2.75, 3.05) is 19.6 Å². The number of carboxylic acid groups (broad SMARTS) is 1. The molecule has 1 unspecified atom stereocenters. The molecule has 0 aliphatic carbocycles. The smallest absolute Gasteiger partial charge is 0.326 e. The summed E-state index contributed by atoms with van der Waals surface area (Å²) in [5.74, 6) is -1.33. The van der Waals surface area contributed by atoms with Gasteiger partial charge in [0, 0.05) is 30.8 Å². The standard InChI is InChI=1S/C37H64N4O7/c1-10-37(11-2,39-21-19-17-15-13-12-14-16-18-20-32(43)44)25-30-38-22-23-40(30)26-31(42)41(27-33(45)47-35(5,6)7)28-34(46)48-36(8,9)24-29(3)4/h10,22-23,29,39H,1,11-21,24-28H2,2-9H3,(H,43,44). The van der Waals surface area contributed by atoms with Crippen molar-refractivity contribution in [3.8, 4) is 0 Å². The summed E-state index contributed by atoms with van der Waals surface area (Å²) in [6.07, 6.45) is 15.8. The van der Waals surface area contributed by atoms with Gasteiger partial charge in [-0.05, 0) is 72.8 Å². The number of rotatable bonds is 25. The van der Waals surface area contributed by atoms with Gasteiger partial charge in [-0.3, -0.25) is 19.2 Å². The first-order valence-electron chi connectivity index (χ1n) is 17.7. The molecule has 1 aromatic heterocycles. The molecule has 11 nitrogen and oxygen atoms in total. The van der Waals surface area contributed by atoms with E-state index in [0.29, 0.717) is 24.6 Å². The highest BCUT2D eigenvalue weighted by molar-refractivity contribution is 5.86. The lowest BCUT2D eigenvalue weighted by molar-refractivity contribution is -0.165. The summed E-state index contributed by atoms with van der Waals surface area (Å²) in [6, 6.07) is 0. The van der Waals surface area contributed by atoms with E-state index in [1.807, 2.05) is 33.8 Å². The van der Waals surface area contributed by atoms with Crippen LogP contribution in [-0.2, 0) is 41.6 Å². The average Bonchev–Trinajstić information content (AvgIpc) is 3.38. The maximum absolute atomic E-state index is 13.6. The highest BCUT2D eigenvalue weighted by atomic mass is 16.6. The Labute approximate surface area is 289 Å². The van der Waals surface area contributed by atoms with Crippen LogP contribution in [0.5, 0.6) is 0 Å². The third kappa shape index (κ3) is 18.4. The van der Waals surface area contributed by atoms with Gasteiger partial charge in [0.2, 0.25) is 5.91 Å². The number of hydrogen-bond acceptors (Lipinski definition) is 8. The normalized spacial score (nSPS) is 13.2. The second kappa shape index (κ2) is 21.0. The zero-order valence-corrected chi connectivity index (χ0v) is 31.1. The molecule has 1 aromatic rings. The highest BCUT2D eigenvalue weighted by Crippen LogP contribution is 2.22. The van der Waals surface area contributed by atoms with Crippen molar-refractivity contribution in [2.45, 2.75) is 156 Å². The van der Waals surface area contributed by atoms with Gasteiger partial charge in [0.15, 0.2) is 0 Å². The Kier molecular flexibility index (Phi) is 18.7. The fourth-order valence-corrected chi connectivity index (χ4v) is 5.86. The molecule has 274 valence electrons. The van der Waals surface area contributed by atoms with Crippen molar-refractivity contribution >= 4 is 23.8 Å². The van der Waals surface area contributed by atoms with E-state index in [4.69, 9.17) is 14.6 Å². The largest absolute Gasteiger partial charge is 0.481 e. The van der Waals surface area contributed by atoms with E-state index in [0.717, 1.165) is 64.3 Å². The minimum Gasteiger partial charge on any atom is -0.481 e. The Bertz CT molecular complexity index is 1150. The number of amides is 1. The predicted octanol–water partition coefficient (Wildman–Crippen LogP) is 6.48. The summed E-state index contributed by atoms with van der Waals surface area (Å²) in [6.45, 7) is 19.2. The maximum Gasteiger partial charge on any atom is 0.326 e. The van der Waals surface area contributed by atoms with Crippen molar-refractivity contribution in [2.24, 2.45) is 5.92 Å². The van der Waals surface area contributed by atoms with Gasteiger partial charge >= 0.3 is 17.9 Å². The highest BCUT2D eigenvalue weighted by Gasteiger charge is 2.30. The molecule has 1 amide bonds. The molecule has 0 bridgehead atoms. The molecule has 0 spiro atoms. The molecule has 2 N–H and O–H groups in total. The molecule has 0 saturated heterocycles. The number of carboxylic acids is 1. The number of nitrogens with zero attached hydrogens (tertiary/aromatic N) is 3. The van der Waals surface area contributed by atoms with E-state index in [9.17, 15) is 19.2 Å². The molecule has 0 aliphatic heterocycles. The number of imidazole rings is 1. The number of carbonyl (C=O) groups is 4. The van der Waals surface area contributed by atoms with Crippen LogP contribution in [0.3, 0.4) is 0 Å². The Morgan fingerprint density at radius 1 is 0.958 bits per heavy atom. The molecular weight excluding hydrogens is 612 g/mol. The van der Waals surface area contributed by atoms with Gasteiger partial charge in [-0.1, -0.05) is 65.4 Å². The van der Waals surface area contributed by atoms with E-state index < -0.39 is 40.6 Å². The van der Waals surface area contributed by atoms with Crippen LogP contribution >= 0.6 is 0 Å². The van der Waals surface area contributed by atoms with Gasteiger partial charge in [0.05, 0.1) is 0 Å². The molecule has 0 aromatic carbocycles. The zero-order valence-electron chi connectivity index (χ0n) is 31.1. The minimum atomic E-state index is -0.741. The molecule has 1 heterocycles. The molecule has 1 rings (SSSR count). The molecule has 1 atom stereocenters. The Morgan fingerprint density at radius 3 is 2.04 bits per heavy atom. The van der Waals surface area contributed by atoms with Crippen LogP contribution < -0.4 is 5.32 Å². The summed E-state index contributed by atoms with van der Waals surface area (Å²) in [7, 11) is 0. The lowest BCUT2D eigenvalue weighted by Crippen LogP contribution is -2.46. The average molecular weight is 677 g/mol. The summed E-state index contributed by atoms with van der Waals surface area (Å²) in [5, 5.41) is 12.4. The number of aromatic nitrogens is 2. The van der Waals surface area contributed by atoms with Gasteiger partial charge in [0.25, 0.3) is 0 Å². The quantitative estimate of drug-likeness (QED) is 0.0676. The first-order chi connectivity index (χ1) is 22.4. The van der Waals surface area contributed by atoms with Gasteiger partial charge < -0.3 is 29.4 Å². The fourth-order valence-electron chi connectivity index (χ4n) is 5.86. The number of carbonyl (C=O) groups excluding carboxylic acids is 3. The molecule has 0 aliphatic rings. The molecule has 11 heteroatoms. The zero-order chi connectivity index (χ0) is 36.4. The van der Waals surface area contributed by atoms with Gasteiger partial charge in [-0.2, -0.15) is 0 Å². The Balaban J connectivity index is 2.85. The van der Waals surface area contributed by atoms with Gasteiger partial charge in [-0.15, -0.1) is 6.58 Å². The molecule has 48 heavy (non-hydrogen) atoms. The number of hydrogen-bond donors (Lipinski definition) is 2. The van der Waals surface area contributed by atoms with Crippen molar-refractivity contribution in [3.05, 3.63) is 30.9 Å². The molecular formula is C37H64N4O7. The van der Waals surface area contributed by atoms with Crippen molar-refractivity contribution in [1.29, 1.82) is 0 Å². The number of ether oxygens (including phenoxy) is 2. The molecule has 0 radical (unpaired) electrons. The molecule has 0 fully saturated rings. The first kappa shape index (κ1) is 42.8. The predicted molar refractivity (Wildman–Crippen MR) is 188 cm³/mol. The summed E-state index contributed by atoms with van der Waals surface area (Å²) in [5.41, 5.74) is -1.87. The lowest BCUT2D eigenvalue weighted by Gasteiger charge is -2.31. The summed E-state index contributed by atoms with van der Waals surface area (Å²) in [4.78, 5) is 55.8. The Morgan fingerprint density at radius 2 is 1.52 bits per heavy atom. The first-order valence-corrected chi connectivity index (χ1v) is 17.7. The van der Waals surface area contributed by atoms with Crippen LogP contribution in [0.4, 0.5) is 0 Å². The SMILES string of the molecule is C=CC(CC)(Cc1nccn1CC(=O)N(CC(=O)OC(C)(C)C)CC(=O)OC(C)(C)CC(C)C)NCCCCCCCCCCC(=O)O. The minimum absolute atomic E-state index is 0.103. The third-order valence-corrected chi connectivity index (χ3v) is 8.10. The summed E-state index contributed by atoms with van der Waals surface area (Å²) >= 11 is 0. The van der Waals surface area contributed by atoms with Gasteiger partial charge in [0.1, 0.15) is 36.7 Å². The van der Waals surface area contributed by atoms with E-state index >= 15 is 0 Å². The molecule has 0 saturated carbocycles.